The van der Waals surface area contributed by atoms with E-state index in [1.807, 2.05) is 0 Å². The Morgan fingerprint density at radius 3 is 2.48 bits per heavy atom. The summed E-state index contributed by atoms with van der Waals surface area (Å²) in [4.78, 5) is 4.33. The molecule has 164 valence electrons. The second-order valence-corrected chi connectivity index (χ2v) is 7.88. The van der Waals surface area contributed by atoms with Gasteiger partial charge in [-0.2, -0.15) is 13.2 Å². The van der Waals surface area contributed by atoms with E-state index >= 15 is 0 Å². The van der Waals surface area contributed by atoms with Gasteiger partial charge in [-0.15, -0.1) is 24.0 Å². The fourth-order valence-corrected chi connectivity index (χ4v) is 4.24. The first-order chi connectivity index (χ1) is 13.4. The van der Waals surface area contributed by atoms with Gasteiger partial charge in [0, 0.05) is 38.3 Å². The van der Waals surface area contributed by atoms with Crippen molar-refractivity contribution in [1.82, 2.24) is 10.6 Å². The van der Waals surface area contributed by atoms with E-state index in [0.717, 1.165) is 24.9 Å². The fraction of sp³-hybridized carbons (Fsp3) is 0.667. The average Bonchev–Trinajstić information content (AvgIpc) is 2.72. The van der Waals surface area contributed by atoms with Gasteiger partial charge in [0.15, 0.2) is 5.96 Å². The summed E-state index contributed by atoms with van der Waals surface area (Å²) in [6, 6.07) is 6.15. The minimum absolute atomic E-state index is 0. The molecule has 2 N–H and O–H groups in total. The number of hydrogen-bond donors (Lipinski definition) is 2. The Hall–Kier alpha value is -1.03. The lowest BCUT2D eigenvalue weighted by Crippen LogP contribution is -2.50. The van der Waals surface area contributed by atoms with Crippen molar-refractivity contribution in [1.29, 1.82) is 0 Å². The van der Waals surface area contributed by atoms with Crippen LogP contribution in [0.4, 0.5) is 13.2 Å². The van der Waals surface area contributed by atoms with Crippen molar-refractivity contribution in [2.75, 3.05) is 26.8 Å². The van der Waals surface area contributed by atoms with E-state index in [0.29, 0.717) is 44.2 Å². The average molecular weight is 525 g/mol. The van der Waals surface area contributed by atoms with Gasteiger partial charge in [-0.05, 0) is 37.3 Å². The number of hydrogen-bond acceptors (Lipinski definition) is 2. The van der Waals surface area contributed by atoms with Gasteiger partial charge in [0.2, 0.25) is 0 Å². The van der Waals surface area contributed by atoms with Crippen LogP contribution in [0.2, 0.25) is 0 Å². The van der Waals surface area contributed by atoms with Crippen molar-refractivity contribution in [2.45, 2.75) is 62.6 Å². The topological polar surface area (TPSA) is 45.7 Å². The first-order valence-corrected chi connectivity index (χ1v) is 10.2. The van der Waals surface area contributed by atoms with Crippen LogP contribution in [0.5, 0.6) is 0 Å². The van der Waals surface area contributed by atoms with Crippen LogP contribution in [-0.2, 0) is 16.3 Å². The van der Waals surface area contributed by atoms with Crippen molar-refractivity contribution < 1.29 is 17.9 Å². The Morgan fingerprint density at radius 2 is 1.86 bits per heavy atom. The molecule has 1 heterocycles. The van der Waals surface area contributed by atoms with Crippen LogP contribution in [0.1, 0.15) is 56.1 Å². The van der Waals surface area contributed by atoms with Gasteiger partial charge in [0.25, 0.3) is 0 Å². The summed E-state index contributed by atoms with van der Waals surface area (Å²) in [7, 11) is 1.74. The predicted octanol–water partition coefficient (Wildman–Crippen LogP) is 4.87. The highest BCUT2D eigenvalue weighted by Crippen LogP contribution is 2.37. The lowest BCUT2D eigenvalue weighted by molar-refractivity contribution is -0.137. The molecule has 4 nitrogen and oxygen atoms in total. The molecule has 0 bridgehead atoms. The number of benzene rings is 1. The molecule has 0 atom stereocenters. The van der Waals surface area contributed by atoms with Crippen LogP contribution in [0.25, 0.3) is 0 Å². The number of guanidine groups is 1. The highest BCUT2D eigenvalue weighted by atomic mass is 127. The molecular formula is C21H31F3IN3O. The van der Waals surface area contributed by atoms with E-state index in [1.165, 1.54) is 31.4 Å². The summed E-state index contributed by atoms with van der Waals surface area (Å²) in [5, 5.41) is 6.86. The van der Waals surface area contributed by atoms with Crippen LogP contribution in [0.15, 0.2) is 29.3 Å². The van der Waals surface area contributed by atoms with Crippen LogP contribution < -0.4 is 10.6 Å². The van der Waals surface area contributed by atoms with E-state index in [9.17, 15) is 13.2 Å². The highest BCUT2D eigenvalue weighted by Gasteiger charge is 2.37. The standard InChI is InChI=1S/C21H30F3N3O.HI/c1-25-19(27-18-8-3-2-4-9-18)26-15-20(10-12-28-13-11-20)16-6-5-7-17(14-16)21(22,23)24;/h5-7,14,18H,2-4,8-13,15H2,1H3,(H2,25,26,27);1H. The van der Waals surface area contributed by atoms with Gasteiger partial charge in [-0.25, -0.2) is 0 Å². The minimum atomic E-state index is -4.34. The van der Waals surface area contributed by atoms with Crippen LogP contribution in [-0.4, -0.2) is 38.8 Å². The highest BCUT2D eigenvalue weighted by molar-refractivity contribution is 14.0. The van der Waals surface area contributed by atoms with Crippen molar-refractivity contribution >= 4 is 29.9 Å². The number of alkyl halides is 3. The molecular weight excluding hydrogens is 494 g/mol. The Bertz CT molecular complexity index is 669. The molecule has 2 aliphatic rings. The first-order valence-electron chi connectivity index (χ1n) is 10.2. The maximum absolute atomic E-state index is 13.2. The summed E-state index contributed by atoms with van der Waals surface area (Å²) >= 11 is 0. The van der Waals surface area contributed by atoms with Crippen molar-refractivity contribution in [2.24, 2.45) is 4.99 Å². The molecule has 1 aromatic rings. The Labute approximate surface area is 188 Å². The maximum Gasteiger partial charge on any atom is 0.416 e. The van der Waals surface area contributed by atoms with Gasteiger partial charge in [-0.1, -0.05) is 37.5 Å². The molecule has 0 aromatic heterocycles. The lowest BCUT2D eigenvalue weighted by Gasteiger charge is -2.39. The number of nitrogens with zero attached hydrogens (tertiary/aromatic N) is 1. The first kappa shape index (κ1) is 24.2. The molecule has 0 spiro atoms. The van der Waals surface area contributed by atoms with E-state index in [1.54, 1.807) is 13.1 Å². The molecule has 1 saturated carbocycles. The van der Waals surface area contributed by atoms with Gasteiger partial charge < -0.3 is 15.4 Å². The summed E-state index contributed by atoms with van der Waals surface area (Å²) in [6.45, 7) is 1.63. The second kappa shape index (κ2) is 10.8. The van der Waals surface area contributed by atoms with Gasteiger partial charge in [-0.3, -0.25) is 4.99 Å². The van der Waals surface area contributed by atoms with Gasteiger partial charge >= 0.3 is 6.18 Å². The van der Waals surface area contributed by atoms with E-state index in [-0.39, 0.29) is 24.0 Å². The van der Waals surface area contributed by atoms with E-state index < -0.39 is 17.2 Å². The number of rotatable bonds is 4. The maximum atomic E-state index is 13.2. The van der Waals surface area contributed by atoms with Crippen molar-refractivity contribution in [3.05, 3.63) is 35.4 Å². The molecule has 8 heteroatoms. The molecule has 0 amide bonds. The third kappa shape index (κ3) is 6.47. The summed E-state index contributed by atoms with van der Waals surface area (Å²) in [6.07, 6.45) is 3.02. The SMILES string of the molecule is CN=C(NCC1(c2cccc(C(F)(F)F)c2)CCOCC1)NC1CCCCC1.I. The molecule has 3 rings (SSSR count). The lowest BCUT2D eigenvalue weighted by atomic mass is 9.73. The predicted molar refractivity (Wildman–Crippen MR) is 120 cm³/mol. The Balaban J connectivity index is 0.00000300. The molecule has 1 aromatic carbocycles. The molecule has 0 unspecified atom stereocenters. The normalized spacial score (nSPS) is 20.6. The van der Waals surface area contributed by atoms with Crippen LogP contribution in [0, 0.1) is 0 Å². The zero-order valence-electron chi connectivity index (χ0n) is 16.9. The molecule has 1 saturated heterocycles. The minimum Gasteiger partial charge on any atom is -0.381 e. The number of halogens is 4. The molecule has 2 fully saturated rings. The fourth-order valence-electron chi connectivity index (χ4n) is 4.24. The van der Waals surface area contributed by atoms with Crippen LogP contribution >= 0.6 is 24.0 Å². The quantitative estimate of drug-likeness (QED) is 0.335. The monoisotopic (exact) mass is 525 g/mol. The second-order valence-electron chi connectivity index (χ2n) is 7.88. The molecule has 1 aliphatic carbocycles. The van der Waals surface area contributed by atoms with E-state index in [4.69, 9.17) is 4.74 Å². The third-order valence-corrected chi connectivity index (χ3v) is 6.02. The number of ether oxygens (including phenoxy) is 1. The summed E-state index contributed by atoms with van der Waals surface area (Å²) in [5.41, 5.74) is -0.282. The zero-order chi connectivity index (χ0) is 20.0. The van der Waals surface area contributed by atoms with Gasteiger partial charge in [0.05, 0.1) is 5.56 Å². The van der Waals surface area contributed by atoms with Crippen molar-refractivity contribution in [3.63, 3.8) is 0 Å². The van der Waals surface area contributed by atoms with E-state index in [2.05, 4.69) is 15.6 Å². The summed E-state index contributed by atoms with van der Waals surface area (Å²) in [5.74, 6) is 0.727. The molecule has 0 radical (unpaired) electrons. The molecule has 1 aliphatic heterocycles. The van der Waals surface area contributed by atoms with Gasteiger partial charge in [0.1, 0.15) is 0 Å². The number of aliphatic imine (C=N–C) groups is 1. The van der Waals surface area contributed by atoms with Crippen LogP contribution in [0.3, 0.4) is 0 Å². The Morgan fingerprint density at radius 1 is 1.17 bits per heavy atom. The Kier molecular flexibility index (Phi) is 9.06. The zero-order valence-corrected chi connectivity index (χ0v) is 19.2. The van der Waals surface area contributed by atoms with Crippen molar-refractivity contribution in [3.8, 4) is 0 Å². The summed E-state index contributed by atoms with van der Waals surface area (Å²) < 4.78 is 45.2. The smallest absolute Gasteiger partial charge is 0.381 e. The third-order valence-electron chi connectivity index (χ3n) is 6.02. The largest absolute Gasteiger partial charge is 0.416 e. The number of nitrogens with one attached hydrogen (secondary N) is 2. The molecule has 29 heavy (non-hydrogen) atoms.